The quantitative estimate of drug-likeness (QED) is 0.616. The van der Waals surface area contributed by atoms with Gasteiger partial charge in [0.05, 0.1) is 11.5 Å². The third kappa shape index (κ3) is 6.02. The molecule has 1 nitrogen and oxygen atoms in total. The Kier molecular flexibility index (Phi) is 5.84. The van der Waals surface area contributed by atoms with Crippen LogP contribution >= 0.6 is 0 Å². The highest BCUT2D eigenvalue weighted by Gasteiger charge is 2.23. The van der Waals surface area contributed by atoms with Gasteiger partial charge < -0.3 is 0 Å². The molecule has 0 unspecified atom stereocenters. The molecule has 0 aromatic rings. The molecule has 0 atom stereocenters. The summed E-state index contributed by atoms with van der Waals surface area (Å²) in [6.45, 7) is 11.0. The van der Waals surface area contributed by atoms with Gasteiger partial charge in [0.15, 0.2) is 0 Å². The number of hydrogen-bond acceptors (Lipinski definition) is 1. The minimum Gasteiger partial charge on any atom is -0.198 e. The minimum atomic E-state index is -0.0887. The van der Waals surface area contributed by atoms with E-state index in [1.807, 2.05) is 0 Å². The summed E-state index contributed by atoms with van der Waals surface area (Å²) < 4.78 is 0. The lowest BCUT2D eigenvalue weighted by atomic mass is 9.79. The van der Waals surface area contributed by atoms with Gasteiger partial charge in [-0.2, -0.15) is 5.26 Å². The molecule has 0 radical (unpaired) electrons. The van der Waals surface area contributed by atoms with Crippen molar-refractivity contribution in [2.24, 2.45) is 17.3 Å². The first-order valence-electron chi connectivity index (χ1n) is 5.81. The fourth-order valence-corrected chi connectivity index (χ4v) is 1.45. The van der Waals surface area contributed by atoms with Crippen molar-refractivity contribution in [2.75, 3.05) is 0 Å². The highest BCUT2D eigenvalue weighted by Crippen LogP contribution is 2.31. The van der Waals surface area contributed by atoms with Crippen molar-refractivity contribution in [3.63, 3.8) is 0 Å². The molecule has 0 aromatic carbocycles. The van der Waals surface area contributed by atoms with Crippen LogP contribution in [0.2, 0.25) is 0 Å². The monoisotopic (exact) mass is 195 g/mol. The molecule has 0 N–H and O–H groups in total. The lowest BCUT2D eigenvalue weighted by Gasteiger charge is -2.23. The Balaban J connectivity index is 4.00. The predicted octanol–water partition coefficient (Wildman–Crippen LogP) is 4.39. The maximum absolute atomic E-state index is 9.16. The van der Waals surface area contributed by atoms with Gasteiger partial charge in [-0.3, -0.25) is 0 Å². The maximum atomic E-state index is 9.16. The lowest BCUT2D eigenvalue weighted by Crippen LogP contribution is -2.15. The second kappa shape index (κ2) is 6.06. The maximum Gasteiger partial charge on any atom is 0.0686 e. The molecule has 0 aliphatic rings. The van der Waals surface area contributed by atoms with Crippen LogP contribution in [-0.4, -0.2) is 0 Å². The van der Waals surface area contributed by atoms with Gasteiger partial charge in [-0.25, -0.2) is 0 Å². The van der Waals surface area contributed by atoms with Crippen molar-refractivity contribution >= 4 is 0 Å². The van der Waals surface area contributed by atoms with Gasteiger partial charge in [-0.15, -0.1) is 0 Å². The highest BCUT2D eigenvalue weighted by molar-refractivity contribution is 4.95. The summed E-state index contributed by atoms with van der Waals surface area (Å²) in [5.74, 6) is 1.42. The standard InChI is InChI=1S/C13H25N/c1-11(2)6-8-13(5,10-14)9-7-12(3)4/h11-12H,6-9H2,1-5H3. The second-order valence-corrected chi connectivity index (χ2v) is 5.54. The first kappa shape index (κ1) is 13.5. The van der Waals surface area contributed by atoms with Crippen molar-refractivity contribution in [2.45, 2.75) is 60.3 Å². The zero-order valence-electron chi connectivity index (χ0n) is 10.4. The van der Waals surface area contributed by atoms with Gasteiger partial charge >= 0.3 is 0 Å². The summed E-state index contributed by atoms with van der Waals surface area (Å²) in [5.41, 5.74) is -0.0887. The van der Waals surface area contributed by atoms with Crippen molar-refractivity contribution in [3.05, 3.63) is 0 Å². The molecule has 0 fully saturated rings. The number of nitrogens with zero attached hydrogens (tertiary/aromatic N) is 1. The van der Waals surface area contributed by atoms with Gasteiger partial charge in [-0.1, -0.05) is 27.7 Å². The topological polar surface area (TPSA) is 23.8 Å². The third-order valence-electron chi connectivity index (χ3n) is 2.82. The van der Waals surface area contributed by atoms with Crippen LogP contribution in [0.4, 0.5) is 0 Å². The molecule has 0 heterocycles. The van der Waals surface area contributed by atoms with Crippen LogP contribution in [0, 0.1) is 28.6 Å². The van der Waals surface area contributed by atoms with E-state index in [9.17, 15) is 0 Å². The summed E-state index contributed by atoms with van der Waals surface area (Å²) >= 11 is 0. The SMILES string of the molecule is CC(C)CCC(C)(C#N)CCC(C)C. The van der Waals surface area contributed by atoms with E-state index in [1.165, 1.54) is 12.8 Å². The Morgan fingerprint density at radius 3 is 1.57 bits per heavy atom. The Bertz CT molecular complexity index is 174. The van der Waals surface area contributed by atoms with E-state index < -0.39 is 0 Å². The summed E-state index contributed by atoms with van der Waals surface area (Å²) in [6.07, 6.45) is 4.44. The van der Waals surface area contributed by atoms with Crippen LogP contribution in [0.25, 0.3) is 0 Å². The van der Waals surface area contributed by atoms with Crippen LogP contribution < -0.4 is 0 Å². The number of nitriles is 1. The van der Waals surface area contributed by atoms with Crippen LogP contribution in [0.3, 0.4) is 0 Å². The Labute approximate surface area is 89.5 Å². The smallest absolute Gasteiger partial charge is 0.0686 e. The molecular formula is C13H25N. The third-order valence-corrected chi connectivity index (χ3v) is 2.82. The van der Waals surface area contributed by atoms with Crippen LogP contribution in [-0.2, 0) is 0 Å². The van der Waals surface area contributed by atoms with Gasteiger partial charge in [0.25, 0.3) is 0 Å². The molecule has 0 bridgehead atoms. The average molecular weight is 195 g/mol. The van der Waals surface area contributed by atoms with Crippen molar-refractivity contribution in [3.8, 4) is 6.07 Å². The molecule has 0 saturated carbocycles. The lowest BCUT2D eigenvalue weighted by molar-refractivity contribution is 0.311. The van der Waals surface area contributed by atoms with Gasteiger partial charge in [-0.05, 0) is 44.4 Å². The molecule has 0 aromatic heterocycles. The van der Waals surface area contributed by atoms with E-state index in [4.69, 9.17) is 5.26 Å². The summed E-state index contributed by atoms with van der Waals surface area (Å²) in [4.78, 5) is 0. The van der Waals surface area contributed by atoms with Gasteiger partial charge in [0.1, 0.15) is 0 Å². The first-order valence-corrected chi connectivity index (χ1v) is 5.81. The van der Waals surface area contributed by atoms with Crippen molar-refractivity contribution in [1.29, 1.82) is 5.26 Å². The zero-order chi connectivity index (χ0) is 11.2. The van der Waals surface area contributed by atoms with Crippen molar-refractivity contribution in [1.82, 2.24) is 0 Å². The predicted molar refractivity (Wildman–Crippen MR) is 61.9 cm³/mol. The van der Waals surface area contributed by atoms with Crippen LogP contribution in [0.5, 0.6) is 0 Å². The van der Waals surface area contributed by atoms with E-state index in [2.05, 4.69) is 40.7 Å². The number of hydrogen-bond donors (Lipinski definition) is 0. The molecule has 1 heteroatoms. The average Bonchev–Trinajstić information content (AvgIpc) is 2.11. The van der Waals surface area contributed by atoms with Crippen LogP contribution in [0.15, 0.2) is 0 Å². The molecule has 0 aliphatic heterocycles. The Hall–Kier alpha value is -0.510. The molecule has 82 valence electrons. The van der Waals surface area contributed by atoms with Gasteiger partial charge in [0, 0.05) is 0 Å². The summed E-state index contributed by atoms with van der Waals surface area (Å²) in [7, 11) is 0. The van der Waals surface area contributed by atoms with Gasteiger partial charge in [0.2, 0.25) is 0 Å². The largest absolute Gasteiger partial charge is 0.198 e. The first-order chi connectivity index (χ1) is 6.39. The van der Waals surface area contributed by atoms with Crippen molar-refractivity contribution < 1.29 is 0 Å². The molecule has 0 rings (SSSR count). The number of rotatable bonds is 6. The van der Waals surface area contributed by atoms with E-state index >= 15 is 0 Å². The van der Waals surface area contributed by atoms with E-state index in [0.717, 1.165) is 12.8 Å². The molecule has 0 amide bonds. The van der Waals surface area contributed by atoms with Crippen LogP contribution in [0.1, 0.15) is 60.3 Å². The summed E-state index contributed by atoms with van der Waals surface area (Å²) in [6, 6.07) is 2.49. The normalized spacial score (nSPS) is 12.1. The Morgan fingerprint density at radius 2 is 1.36 bits per heavy atom. The fourth-order valence-electron chi connectivity index (χ4n) is 1.45. The fraction of sp³-hybridized carbons (Fsp3) is 0.923. The molecule has 14 heavy (non-hydrogen) atoms. The minimum absolute atomic E-state index is 0.0887. The van der Waals surface area contributed by atoms with E-state index in [1.54, 1.807) is 0 Å². The zero-order valence-corrected chi connectivity index (χ0v) is 10.4. The molecule has 0 spiro atoms. The second-order valence-electron chi connectivity index (χ2n) is 5.54. The molecule has 0 saturated heterocycles. The summed E-state index contributed by atoms with van der Waals surface area (Å²) in [5, 5.41) is 9.16. The Morgan fingerprint density at radius 1 is 1.00 bits per heavy atom. The van der Waals surface area contributed by atoms with E-state index in [-0.39, 0.29) is 5.41 Å². The highest BCUT2D eigenvalue weighted by atomic mass is 14.3. The molecular weight excluding hydrogens is 170 g/mol. The molecule has 0 aliphatic carbocycles. The van der Waals surface area contributed by atoms with E-state index in [0.29, 0.717) is 11.8 Å².